The van der Waals surface area contributed by atoms with E-state index in [0.29, 0.717) is 10.6 Å². The molecule has 8 heteroatoms. The molecule has 1 aromatic carbocycles. The van der Waals surface area contributed by atoms with E-state index in [4.69, 9.17) is 19.0 Å². The Hall–Kier alpha value is -2.45. The third-order valence-electron chi connectivity index (χ3n) is 3.66. The molecule has 1 saturated heterocycles. The molecule has 25 heavy (non-hydrogen) atoms. The first kappa shape index (κ1) is 18.9. The van der Waals surface area contributed by atoms with Gasteiger partial charge in [-0.2, -0.15) is 0 Å². The van der Waals surface area contributed by atoms with Gasteiger partial charge in [-0.15, -0.1) is 0 Å². The van der Waals surface area contributed by atoms with Crippen LogP contribution in [0.2, 0.25) is 0 Å². The van der Waals surface area contributed by atoms with E-state index in [1.807, 2.05) is 6.07 Å². The number of nitrogens with zero attached hydrogens (tertiary/aromatic N) is 1. The van der Waals surface area contributed by atoms with Crippen molar-refractivity contribution in [2.45, 2.75) is 38.6 Å². The second-order valence-corrected chi connectivity index (χ2v) is 5.86. The standard InChI is InChI=1S/C17H21NO7/c1-17(2,22-3)23-11-13(12-7-5-4-6-8-12)24-16(21)25-18-14(19)9-10-15(18)20/h4-8,13H,9-11H2,1-3H3/t13-/m1/s1. The van der Waals surface area contributed by atoms with E-state index < -0.39 is 29.9 Å². The molecule has 1 fully saturated rings. The van der Waals surface area contributed by atoms with Crippen molar-refractivity contribution >= 4 is 18.0 Å². The molecule has 0 radical (unpaired) electrons. The van der Waals surface area contributed by atoms with Gasteiger partial charge in [0.1, 0.15) is 0 Å². The molecule has 0 spiro atoms. The third kappa shape index (κ3) is 5.27. The molecule has 1 aromatic rings. The van der Waals surface area contributed by atoms with Gasteiger partial charge in [0, 0.05) is 20.0 Å². The average molecular weight is 351 g/mol. The first-order valence-electron chi connectivity index (χ1n) is 7.81. The smallest absolute Gasteiger partial charge is 0.422 e. The predicted octanol–water partition coefficient (Wildman–Crippen LogP) is 2.34. The second-order valence-electron chi connectivity index (χ2n) is 5.86. The summed E-state index contributed by atoms with van der Waals surface area (Å²) in [5, 5.41) is 0.435. The van der Waals surface area contributed by atoms with Gasteiger partial charge in [-0.3, -0.25) is 14.4 Å². The number of amides is 2. The lowest BCUT2D eigenvalue weighted by molar-refractivity contribution is -0.213. The van der Waals surface area contributed by atoms with Gasteiger partial charge in [0.25, 0.3) is 11.8 Å². The molecule has 8 nitrogen and oxygen atoms in total. The fourth-order valence-electron chi connectivity index (χ4n) is 2.07. The summed E-state index contributed by atoms with van der Waals surface area (Å²) in [6, 6.07) is 8.90. The molecule has 0 saturated carbocycles. The SMILES string of the molecule is COC(C)(C)OC[C@@H](OC(=O)ON1C(=O)CCC1=O)c1ccccc1. The Morgan fingerprint density at radius 2 is 1.76 bits per heavy atom. The van der Waals surface area contributed by atoms with Gasteiger partial charge < -0.3 is 14.2 Å². The highest BCUT2D eigenvalue weighted by Gasteiger charge is 2.34. The Morgan fingerprint density at radius 3 is 2.32 bits per heavy atom. The Bertz CT molecular complexity index is 613. The summed E-state index contributed by atoms with van der Waals surface area (Å²) in [6.45, 7) is 3.44. The number of carbonyl (C=O) groups excluding carboxylic acids is 3. The van der Waals surface area contributed by atoms with Crippen molar-refractivity contribution in [3.8, 4) is 0 Å². The molecule has 0 bridgehead atoms. The zero-order valence-corrected chi connectivity index (χ0v) is 14.4. The van der Waals surface area contributed by atoms with E-state index in [-0.39, 0.29) is 19.4 Å². The lowest BCUT2D eigenvalue weighted by Crippen LogP contribution is -2.34. The molecule has 1 atom stereocenters. The maximum atomic E-state index is 12.0. The summed E-state index contributed by atoms with van der Waals surface area (Å²) >= 11 is 0. The van der Waals surface area contributed by atoms with Crippen LogP contribution in [0.5, 0.6) is 0 Å². The summed E-state index contributed by atoms with van der Waals surface area (Å²) < 4.78 is 16.0. The van der Waals surface area contributed by atoms with Crippen LogP contribution in [0, 0.1) is 0 Å². The lowest BCUT2D eigenvalue weighted by atomic mass is 10.1. The van der Waals surface area contributed by atoms with Crippen molar-refractivity contribution in [1.29, 1.82) is 0 Å². The Labute approximate surface area is 145 Å². The topological polar surface area (TPSA) is 91.4 Å². The largest absolute Gasteiger partial charge is 0.534 e. The van der Waals surface area contributed by atoms with Gasteiger partial charge in [-0.25, -0.2) is 4.79 Å². The summed E-state index contributed by atoms with van der Waals surface area (Å²) in [4.78, 5) is 39.7. The minimum Gasteiger partial charge on any atom is -0.422 e. The average Bonchev–Trinajstić information content (AvgIpc) is 2.91. The van der Waals surface area contributed by atoms with Gasteiger partial charge in [0.15, 0.2) is 11.9 Å². The molecular weight excluding hydrogens is 330 g/mol. The first-order chi connectivity index (χ1) is 11.8. The van der Waals surface area contributed by atoms with Crippen LogP contribution in [0.1, 0.15) is 38.4 Å². The molecule has 136 valence electrons. The highest BCUT2D eigenvalue weighted by Crippen LogP contribution is 2.22. The molecule has 0 aromatic heterocycles. The molecule has 0 N–H and O–H groups in total. The molecule has 1 aliphatic rings. The second kappa shape index (κ2) is 8.09. The number of methoxy groups -OCH3 is 1. The van der Waals surface area contributed by atoms with Crippen molar-refractivity contribution in [1.82, 2.24) is 5.06 Å². The Balaban J connectivity index is 2.03. The van der Waals surface area contributed by atoms with Crippen molar-refractivity contribution < 1.29 is 33.4 Å². The van der Waals surface area contributed by atoms with Gasteiger partial charge in [-0.05, 0) is 19.4 Å². The summed E-state index contributed by atoms with van der Waals surface area (Å²) in [5.74, 6) is -2.02. The van der Waals surface area contributed by atoms with E-state index in [0.717, 1.165) is 0 Å². The minimum absolute atomic E-state index is 0.00183. The molecule has 2 rings (SSSR count). The predicted molar refractivity (Wildman–Crippen MR) is 84.9 cm³/mol. The first-order valence-corrected chi connectivity index (χ1v) is 7.81. The van der Waals surface area contributed by atoms with Crippen LogP contribution in [-0.2, 0) is 28.6 Å². The normalized spacial score (nSPS) is 16.0. The van der Waals surface area contributed by atoms with E-state index in [1.54, 1.807) is 38.1 Å². The molecule has 1 heterocycles. The van der Waals surface area contributed by atoms with Gasteiger partial charge in [0.2, 0.25) is 0 Å². The van der Waals surface area contributed by atoms with Crippen LogP contribution in [0.3, 0.4) is 0 Å². The van der Waals surface area contributed by atoms with Gasteiger partial charge in [0.05, 0.1) is 6.61 Å². The zero-order valence-electron chi connectivity index (χ0n) is 14.4. The number of hydrogen-bond acceptors (Lipinski definition) is 7. The molecule has 1 aliphatic heterocycles. The number of rotatable bonds is 7. The zero-order chi connectivity index (χ0) is 18.4. The molecule has 0 unspecified atom stereocenters. The van der Waals surface area contributed by atoms with Crippen LogP contribution in [0.4, 0.5) is 4.79 Å². The fourth-order valence-corrected chi connectivity index (χ4v) is 2.07. The maximum Gasteiger partial charge on any atom is 0.534 e. The Morgan fingerprint density at radius 1 is 1.16 bits per heavy atom. The minimum atomic E-state index is -1.16. The van der Waals surface area contributed by atoms with E-state index in [9.17, 15) is 14.4 Å². The van der Waals surface area contributed by atoms with Gasteiger partial charge >= 0.3 is 6.16 Å². The number of imide groups is 1. The van der Waals surface area contributed by atoms with Crippen LogP contribution in [-0.4, -0.2) is 42.5 Å². The molecular formula is C17H21NO7. The molecule has 2 amide bonds. The lowest BCUT2D eigenvalue weighted by Gasteiger charge is -2.26. The quantitative estimate of drug-likeness (QED) is 0.423. The number of ether oxygens (including phenoxy) is 3. The summed E-state index contributed by atoms with van der Waals surface area (Å²) in [6.07, 6.45) is -1.93. The van der Waals surface area contributed by atoms with E-state index >= 15 is 0 Å². The number of carbonyl (C=O) groups is 3. The highest BCUT2D eigenvalue weighted by atomic mass is 16.8. The highest BCUT2D eigenvalue weighted by molar-refractivity contribution is 6.01. The number of hydrogen-bond donors (Lipinski definition) is 0. The van der Waals surface area contributed by atoms with Crippen molar-refractivity contribution in [2.75, 3.05) is 13.7 Å². The van der Waals surface area contributed by atoms with Crippen LogP contribution in [0.15, 0.2) is 30.3 Å². The van der Waals surface area contributed by atoms with E-state index in [1.165, 1.54) is 7.11 Å². The monoisotopic (exact) mass is 351 g/mol. The summed E-state index contributed by atoms with van der Waals surface area (Å²) in [5.41, 5.74) is 0.672. The van der Waals surface area contributed by atoms with Crippen LogP contribution < -0.4 is 0 Å². The Kier molecular flexibility index (Phi) is 6.11. The van der Waals surface area contributed by atoms with Crippen molar-refractivity contribution in [3.05, 3.63) is 35.9 Å². The van der Waals surface area contributed by atoms with Crippen molar-refractivity contribution in [3.63, 3.8) is 0 Å². The van der Waals surface area contributed by atoms with Crippen LogP contribution in [0.25, 0.3) is 0 Å². The summed E-state index contributed by atoms with van der Waals surface area (Å²) in [7, 11) is 1.50. The van der Waals surface area contributed by atoms with Gasteiger partial charge in [-0.1, -0.05) is 35.4 Å². The molecule has 0 aliphatic carbocycles. The van der Waals surface area contributed by atoms with Crippen LogP contribution >= 0.6 is 0 Å². The number of benzene rings is 1. The third-order valence-corrected chi connectivity index (χ3v) is 3.66. The fraction of sp³-hybridized carbons (Fsp3) is 0.471. The van der Waals surface area contributed by atoms with E-state index in [2.05, 4.69) is 0 Å². The van der Waals surface area contributed by atoms with Crippen molar-refractivity contribution in [2.24, 2.45) is 0 Å². The maximum absolute atomic E-state index is 12.0. The number of hydroxylamine groups is 2.